The van der Waals surface area contributed by atoms with Crippen LogP contribution >= 0.6 is 0 Å². The molecule has 3 aromatic rings. The first kappa shape index (κ1) is 17.6. The van der Waals surface area contributed by atoms with Crippen molar-refractivity contribution in [2.45, 2.75) is 39.2 Å². The van der Waals surface area contributed by atoms with E-state index >= 15 is 0 Å². The van der Waals surface area contributed by atoms with Gasteiger partial charge in [-0.2, -0.15) is 4.98 Å². The van der Waals surface area contributed by atoms with Gasteiger partial charge < -0.3 is 9.51 Å². The van der Waals surface area contributed by atoms with Gasteiger partial charge in [-0.3, -0.25) is 9.69 Å². The first-order chi connectivity index (χ1) is 13.1. The highest BCUT2D eigenvalue weighted by Gasteiger charge is 2.24. The van der Waals surface area contributed by atoms with Gasteiger partial charge in [0.15, 0.2) is 0 Å². The molecule has 3 heterocycles. The highest BCUT2D eigenvalue weighted by molar-refractivity contribution is 5.58. The quantitative estimate of drug-likeness (QED) is 0.765. The van der Waals surface area contributed by atoms with Gasteiger partial charge in [-0.15, -0.1) is 0 Å². The molecule has 0 amide bonds. The Kier molecular flexibility index (Phi) is 4.85. The van der Waals surface area contributed by atoms with Crippen LogP contribution in [0.2, 0.25) is 0 Å². The summed E-state index contributed by atoms with van der Waals surface area (Å²) < 4.78 is 5.48. The van der Waals surface area contributed by atoms with E-state index in [-0.39, 0.29) is 11.5 Å². The molecule has 140 valence electrons. The fraction of sp³-hybridized carbons (Fsp3) is 0.400. The average molecular weight is 365 g/mol. The lowest BCUT2D eigenvalue weighted by Crippen LogP contribution is -2.34. The van der Waals surface area contributed by atoms with E-state index in [4.69, 9.17) is 4.52 Å². The lowest BCUT2D eigenvalue weighted by molar-refractivity contribution is 0.175. The van der Waals surface area contributed by atoms with Gasteiger partial charge in [-0.25, -0.2) is 4.98 Å². The molecule has 4 rings (SSSR count). The maximum Gasteiger partial charge on any atom is 0.251 e. The molecule has 1 aliphatic rings. The van der Waals surface area contributed by atoms with Crippen molar-refractivity contribution in [1.82, 2.24) is 25.0 Å². The molecule has 0 aliphatic carbocycles. The molecule has 0 bridgehead atoms. The van der Waals surface area contributed by atoms with Crippen LogP contribution in [0.15, 0.2) is 39.6 Å². The molecule has 0 saturated carbocycles. The van der Waals surface area contributed by atoms with Gasteiger partial charge in [0.05, 0.1) is 12.2 Å². The second kappa shape index (κ2) is 7.44. The standard InChI is InChI=1S/C20H23N5O2/c1-13-6-3-4-8-16(13)20-23-19(27-24-20)12-25-9-5-7-15(11-25)17-10-18(26)22-14(2)21-17/h3-4,6,8,10,15H,5,7,9,11-12H2,1-2H3,(H,21,22,26). The minimum Gasteiger partial charge on any atom is -0.338 e. The van der Waals surface area contributed by atoms with Crippen molar-refractivity contribution in [3.05, 3.63) is 63.7 Å². The molecule has 27 heavy (non-hydrogen) atoms. The van der Waals surface area contributed by atoms with Gasteiger partial charge in [0.25, 0.3) is 5.56 Å². The molecular formula is C20H23N5O2. The van der Waals surface area contributed by atoms with Gasteiger partial charge >= 0.3 is 0 Å². The third-order valence-electron chi connectivity index (χ3n) is 5.02. The summed E-state index contributed by atoms with van der Waals surface area (Å²) in [5.74, 6) is 2.15. The molecule has 0 spiro atoms. The third-order valence-corrected chi connectivity index (χ3v) is 5.02. The largest absolute Gasteiger partial charge is 0.338 e. The number of rotatable bonds is 4. The zero-order valence-corrected chi connectivity index (χ0v) is 15.6. The molecule has 1 atom stereocenters. The van der Waals surface area contributed by atoms with Crippen LogP contribution in [-0.4, -0.2) is 38.1 Å². The van der Waals surface area contributed by atoms with Crippen molar-refractivity contribution >= 4 is 0 Å². The summed E-state index contributed by atoms with van der Waals surface area (Å²) in [5, 5.41) is 4.14. The maximum atomic E-state index is 11.7. The number of benzene rings is 1. The second-order valence-corrected chi connectivity index (χ2v) is 7.16. The zero-order valence-electron chi connectivity index (χ0n) is 15.6. The fourth-order valence-corrected chi connectivity index (χ4v) is 3.70. The predicted molar refractivity (Wildman–Crippen MR) is 101 cm³/mol. The summed E-state index contributed by atoms with van der Waals surface area (Å²) in [6, 6.07) is 9.63. The summed E-state index contributed by atoms with van der Waals surface area (Å²) in [4.78, 5) is 25.8. The smallest absolute Gasteiger partial charge is 0.251 e. The summed E-state index contributed by atoms with van der Waals surface area (Å²) >= 11 is 0. The first-order valence-corrected chi connectivity index (χ1v) is 9.27. The van der Waals surface area contributed by atoms with E-state index in [0.29, 0.717) is 24.1 Å². The highest BCUT2D eigenvalue weighted by Crippen LogP contribution is 2.26. The normalized spacial score (nSPS) is 17.9. The summed E-state index contributed by atoms with van der Waals surface area (Å²) in [5.41, 5.74) is 2.90. The number of nitrogens with zero attached hydrogens (tertiary/aromatic N) is 4. The van der Waals surface area contributed by atoms with E-state index in [9.17, 15) is 4.79 Å². The van der Waals surface area contributed by atoms with Gasteiger partial charge in [-0.05, 0) is 38.8 Å². The van der Waals surface area contributed by atoms with Crippen LogP contribution in [0.25, 0.3) is 11.4 Å². The number of likely N-dealkylation sites (tertiary alicyclic amines) is 1. The molecule has 1 aromatic carbocycles. The van der Waals surface area contributed by atoms with Crippen molar-refractivity contribution in [2.75, 3.05) is 13.1 Å². The van der Waals surface area contributed by atoms with Crippen molar-refractivity contribution in [2.24, 2.45) is 0 Å². The number of nitrogens with one attached hydrogen (secondary N) is 1. The van der Waals surface area contributed by atoms with E-state index in [0.717, 1.165) is 42.8 Å². The fourth-order valence-electron chi connectivity index (χ4n) is 3.70. The number of hydrogen-bond acceptors (Lipinski definition) is 6. The van der Waals surface area contributed by atoms with Crippen LogP contribution in [0.4, 0.5) is 0 Å². The van der Waals surface area contributed by atoms with Crippen LogP contribution in [0, 0.1) is 13.8 Å². The molecule has 1 unspecified atom stereocenters. The number of aromatic nitrogens is 4. The Morgan fingerprint density at radius 2 is 2.11 bits per heavy atom. The number of aryl methyl sites for hydroxylation is 2. The first-order valence-electron chi connectivity index (χ1n) is 9.27. The molecular weight excluding hydrogens is 342 g/mol. The molecule has 0 radical (unpaired) electrons. The number of piperidine rings is 1. The molecule has 1 fully saturated rings. The third kappa shape index (κ3) is 3.98. The lowest BCUT2D eigenvalue weighted by Gasteiger charge is -2.31. The van der Waals surface area contributed by atoms with Gasteiger partial charge in [0.2, 0.25) is 11.7 Å². The molecule has 1 aliphatic heterocycles. The Bertz CT molecular complexity index is 994. The van der Waals surface area contributed by atoms with E-state index in [1.165, 1.54) is 0 Å². The van der Waals surface area contributed by atoms with Gasteiger partial charge in [-0.1, -0.05) is 29.4 Å². The number of hydrogen-bond donors (Lipinski definition) is 1. The minimum absolute atomic E-state index is 0.0885. The average Bonchev–Trinajstić information content (AvgIpc) is 3.10. The van der Waals surface area contributed by atoms with E-state index in [2.05, 4.69) is 25.0 Å². The lowest BCUT2D eigenvalue weighted by atomic mass is 9.94. The minimum atomic E-state index is -0.0885. The van der Waals surface area contributed by atoms with Crippen molar-refractivity contribution in [1.29, 1.82) is 0 Å². The van der Waals surface area contributed by atoms with Crippen LogP contribution < -0.4 is 5.56 Å². The Morgan fingerprint density at radius 3 is 2.93 bits per heavy atom. The van der Waals surface area contributed by atoms with Crippen LogP contribution in [0.5, 0.6) is 0 Å². The summed E-state index contributed by atoms with van der Waals surface area (Å²) in [6.07, 6.45) is 2.08. The molecule has 1 N–H and O–H groups in total. The van der Waals surface area contributed by atoms with Gasteiger partial charge in [0.1, 0.15) is 5.82 Å². The SMILES string of the molecule is Cc1nc(C2CCCN(Cc3nc(-c4ccccc4C)no3)C2)cc(=O)[nH]1. The Hall–Kier alpha value is -2.80. The van der Waals surface area contributed by atoms with Crippen molar-refractivity contribution < 1.29 is 4.52 Å². The van der Waals surface area contributed by atoms with E-state index in [1.54, 1.807) is 6.07 Å². The summed E-state index contributed by atoms with van der Waals surface area (Å²) in [7, 11) is 0. The Morgan fingerprint density at radius 1 is 1.26 bits per heavy atom. The second-order valence-electron chi connectivity index (χ2n) is 7.16. The molecule has 2 aromatic heterocycles. The topological polar surface area (TPSA) is 87.9 Å². The highest BCUT2D eigenvalue weighted by atomic mass is 16.5. The molecule has 1 saturated heterocycles. The number of aromatic amines is 1. The molecule has 7 heteroatoms. The van der Waals surface area contributed by atoms with Crippen molar-refractivity contribution in [3.8, 4) is 11.4 Å². The maximum absolute atomic E-state index is 11.7. The zero-order chi connectivity index (χ0) is 18.8. The number of H-pyrrole nitrogens is 1. The van der Waals surface area contributed by atoms with Gasteiger partial charge in [0, 0.05) is 24.1 Å². The predicted octanol–water partition coefficient (Wildman–Crippen LogP) is 2.82. The Balaban J connectivity index is 1.47. The molecule has 7 nitrogen and oxygen atoms in total. The van der Waals surface area contributed by atoms with E-state index < -0.39 is 0 Å². The van der Waals surface area contributed by atoms with Crippen LogP contribution in [-0.2, 0) is 6.54 Å². The monoisotopic (exact) mass is 365 g/mol. The van der Waals surface area contributed by atoms with Crippen LogP contribution in [0.3, 0.4) is 0 Å². The van der Waals surface area contributed by atoms with Crippen molar-refractivity contribution in [3.63, 3.8) is 0 Å². The Labute approximate surface area is 157 Å². The van der Waals surface area contributed by atoms with Crippen LogP contribution in [0.1, 0.15) is 41.7 Å². The summed E-state index contributed by atoms with van der Waals surface area (Å²) in [6.45, 7) is 6.27. The van der Waals surface area contributed by atoms with E-state index in [1.807, 2.05) is 38.1 Å².